The van der Waals surface area contributed by atoms with Crippen molar-refractivity contribution >= 4 is 11.9 Å². The second-order valence-electron chi connectivity index (χ2n) is 6.38. The lowest BCUT2D eigenvalue weighted by Gasteiger charge is -2.22. The SMILES string of the molecule is O=C1O[C@@H]2CN(c3cnccn3)C[C@@H]2N1CCCc1ccc(F)cc1. The molecule has 2 aliphatic rings. The number of rotatable bonds is 5. The Kier molecular flexibility index (Phi) is 4.21. The third kappa shape index (κ3) is 3.26. The third-order valence-electron chi connectivity index (χ3n) is 4.78. The Morgan fingerprint density at radius 2 is 2.04 bits per heavy atom. The number of hydrogen-bond donors (Lipinski definition) is 0. The van der Waals surface area contributed by atoms with E-state index in [1.54, 1.807) is 30.7 Å². The van der Waals surface area contributed by atoms with Crippen molar-refractivity contribution in [3.05, 3.63) is 54.2 Å². The van der Waals surface area contributed by atoms with Gasteiger partial charge < -0.3 is 9.64 Å². The molecule has 6 nitrogen and oxygen atoms in total. The van der Waals surface area contributed by atoms with Crippen LogP contribution in [-0.4, -0.2) is 52.7 Å². The van der Waals surface area contributed by atoms with Gasteiger partial charge in [0.2, 0.25) is 0 Å². The van der Waals surface area contributed by atoms with Crippen LogP contribution < -0.4 is 4.90 Å². The molecule has 1 aromatic carbocycles. The molecule has 0 saturated carbocycles. The van der Waals surface area contributed by atoms with Crippen molar-refractivity contribution in [2.45, 2.75) is 25.0 Å². The predicted octanol–water partition coefficient (Wildman–Crippen LogP) is 2.26. The number of aryl methyl sites for hydroxylation is 1. The van der Waals surface area contributed by atoms with Crippen LogP contribution in [0.2, 0.25) is 0 Å². The van der Waals surface area contributed by atoms with Crippen molar-refractivity contribution in [1.29, 1.82) is 0 Å². The molecule has 3 heterocycles. The minimum absolute atomic E-state index is 0.0442. The molecular formula is C18H19FN4O2. The van der Waals surface area contributed by atoms with Crippen molar-refractivity contribution in [3.8, 4) is 0 Å². The molecule has 2 saturated heterocycles. The molecule has 1 amide bonds. The van der Waals surface area contributed by atoms with E-state index in [1.165, 1.54) is 12.1 Å². The monoisotopic (exact) mass is 342 g/mol. The number of hydrogen-bond acceptors (Lipinski definition) is 5. The molecule has 0 unspecified atom stereocenters. The van der Waals surface area contributed by atoms with Crippen molar-refractivity contribution < 1.29 is 13.9 Å². The number of ether oxygens (including phenoxy) is 1. The van der Waals surface area contributed by atoms with Crippen molar-refractivity contribution in [2.75, 3.05) is 24.5 Å². The highest BCUT2D eigenvalue weighted by molar-refractivity contribution is 5.71. The maximum absolute atomic E-state index is 12.9. The fourth-order valence-electron chi connectivity index (χ4n) is 3.51. The van der Waals surface area contributed by atoms with Gasteiger partial charge in [0.05, 0.1) is 18.8 Å². The molecule has 0 radical (unpaired) electrons. The van der Waals surface area contributed by atoms with Crippen LogP contribution in [0.25, 0.3) is 0 Å². The van der Waals surface area contributed by atoms with Gasteiger partial charge in [-0.1, -0.05) is 12.1 Å². The topological polar surface area (TPSA) is 58.6 Å². The summed E-state index contributed by atoms with van der Waals surface area (Å²) in [6, 6.07) is 6.54. The Morgan fingerprint density at radius 3 is 2.80 bits per heavy atom. The zero-order chi connectivity index (χ0) is 17.2. The first-order valence-electron chi connectivity index (χ1n) is 8.43. The van der Waals surface area contributed by atoms with Crippen LogP contribution in [0.15, 0.2) is 42.9 Å². The number of amides is 1. The summed E-state index contributed by atoms with van der Waals surface area (Å²) in [6.45, 7) is 1.97. The van der Waals surface area contributed by atoms with E-state index in [1.807, 2.05) is 4.90 Å². The van der Waals surface area contributed by atoms with Gasteiger partial charge in [-0.15, -0.1) is 0 Å². The summed E-state index contributed by atoms with van der Waals surface area (Å²) in [5.74, 6) is 0.573. The summed E-state index contributed by atoms with van der Waals surface area (Å²) in [5.41, 5.74) is 1.07. The highest BCUT2D eigenvalue weighted by atomic mass is 19.1. The number of carbonyl (C=O) groups is 1. The largest absolute Gasteiger partial charge is 0.442 e. The Bertz CT molecular complexity index is 741. The predicted molar refractivity (Wildman–Crippen MR) is 89.7 cm³/mol. The van der Waals surface area contributed by atoms with E-state index >= 15 is 0 Å². The average Bonchev–Trinajstić information content (AvgIpc) is 3.16. The number of benzene rings is 1. The highest BCUT2D eigenvalue weighted by Crippen LogP contribution is 2.29. The van der Waals surface area contributed by atoms with Crippen LogP contribution >= 0.6 is 0 Å². The maximum Gasteiger partial charge on any atom is 0.410 e. The Labute approximate surface area is 145 Å². The van der Waals surface area contributed by atoms with E-state index in [0.717, 1.165) is 24.2 Å². The molecule has 2 fully saturated rings. The van der Waals surface area contributed by atoms with Crippen LogP contribution in [0, 0.1) is 5.82 Å². The number of halogens is 1. The first kappa shape index (κ1) is 15.8. The summed E-state index contributed by atoms with van der Waals surface area (Å²) in [7, 11) is 0. The average molecular weight is 342 g/mol. The molecular weight excluding hydrogens is 323 g/mol. The molecule has 2 aromatic rings. The number of aromatic nitrogens is 2. The van der Waals surface area contributed by atoms with Crippen LogP contribution in [0.5, 0.6) is 0 Å². The molecule has 25 heavy (non-hydrogen) atoms. The summed E-state index contributed by atoms with van der Waals surface area (Å²) in [6.07, 6.45) is 6.28. The molecule has 2 atom stereocenters. The highest BCUT2D eigenvalue weighted by Gasteiger charge is 2.47. The normalized spacial score (nSPS) is 22.2. The van der Waals surface area contributed by atoms with Gasteiger partial charge in [-0.2, -0.15) is 0 Å². The molecule has 1 aromatic heterocycles. The molecule has 0 N–H and O–H groups in total. The summed E-state index contributed by atoms with van der Waals surface area (Å²) >= 11 is 0. The van der Waals surface area contributed by atoms with E-state index in [9.17, 15) is 9.18 Å². The minimum Gasteiger partial charge on any atom is -0.442 e. The summed E-state index contributed by atoms with van der Waals surface area (Å²) in [5, 5.41) is 0. The molecule has 2 aliphatic heterocycles. The lowest BCUT2D eigenvalue weighted by molar-refractivity contribution is 0.135. The zero-order valence-corrected chi connectivity index (χ0v) is 13.7. The molecule has 0 spiro atoms. The van der Waals surface area contributed by atoms with E-state index in [0.29, 0.717) is 19.6 Å². The quantitative estimate of drug-likeness (QED) is 0.834. The molecule has 7 heteroatoms. The van der Waals surface area contributed by atoms with Crippen molar-refractivity contribution in [1.82, 2.24) is 14.9 Å². The molecule has 0 aliphatic carbocycles. The Morgan fingerprint density at radius 1 is 1.20 bits per heavy atom. The van der Waals surface area contributed by atoms with Crippen molar-refractivity contribution in [2.24, 2.45) is 0 Å². The fraction of sp³-hybridized carbons (Fsp3) is 0.389. The van der Waals surface area contributed by atoms with Gasteiger partial charge in [-0.25, -0.2) is 14.2 Å². The van der Waals surface area contributed by atoms with Gasteiger partial charge in [0.15, 0.2) is 0 Å². The molecule has 0 bridgehead atoms. The van der Waals surface area contributed by atoms with Gasteiger partial charge in [0.1, 0.15) is 17.7 Å². The van der Waals surface area contributed by atoms with Crippen LogP contribution in [-0.2, 0) is 11.2 Å². The molecule has 4 rings (SSSR count). The van der Waals surface area contributed by atoms with Crippen molar-refractivity contribution in [3.63, 3.8) is 0 Å². The maximum atomic E-state index is 12.9. The number of carbonyl (C=O) groups excluding carboxylic acids is 1. The van der Waals surface area contributed by atoms with Gasteiger partial charge >= 0.3 is 6.09 Å². The first-order chi connectivity index (χ1) is 12.2. The van der Waals surface area contributed by atoms with E-state index < -0.39 is 0 Å². The lowest BCUT2D eigenvalue weighted by atomic mass is 10.1. The minimum atomic E-state index is -0.243. The second-order valence-corrected chi connectivity index (χ2v) is 6.38. The molecule has 130 valence electrons. The fourth-order valence-corrected chi connectivity index (χ4v) is 3.51. The Hall–Kier alpha value is -2.70. The zero-order valence-electron chi connectivity index (χ0n) is 13.7. The van der Waals surface area contributed by atoms with Gasteiger partial charge in [-0.3, -0.25) is 9.88 Å². The summed E-state index contributed by atoms with van der Waals surface area (Å²) < 4.78 is 18.5. The van der Waals surface area contributed by atoms with Gasteiger partial charge in [0.25, 0.3) is 0 Å². The number of anilines is 1. The van der Waals surface area contributed by atoms with Crippen LogP contribution in [0.4, 0.5) is 15.0 Å². The number of nitrogens with zero attached hydrogens (tertiary/aromatic N) is 4. The third-order valence-corrected chi connectivity index (χ3v) is 4.78. The van der Waals surface area contributed by atoms with Gasteiger partial charge in [-0.05, 0) is 30.5 Å². The smallest absolute Gasteiger partial charge is 0.410 e. The summed E-state index contributed by atoms with van der Waals surface area (Å²) in [4.78, 5) is 24.4. The van der Waals surface area contributed by atoms with Gasteiger partial charge in [0, 0.05) is 25.5 Å². The second kappa shape index (κ2) is 6.66. The van der Waals surface area contributed by atoms with Crippen LogP contribution in [0.3, 0.4) is 0 Å². The van der Waals surface area contributed by atoms with E-state index in [-0.39, 0.29) is 24.1 Å². The lowest BCUT2D eigenvalue weighted by Crippen LogP contribution is -2.38. The van der Waals surface area contributed by atoms with E-state index in [2.05, 4.69) is 14.9 Å². The first-order valence-corrected chi connectivity index (χ1v) is 8.43. The standard InChI is InChI=1S/C18H19FN4O2/c19-14-5-3-13(4-6-14)2-1-9-23-15-11-22(12-16(15)25-18(23)24)17-10-20-7-8-21-17/h3-8,10,15-16H,1-2,9,11-12H2/t15-,16+/m0/s1. The van der Waals surface area contributed by atoms with Crippen LogP contribution in [0.1, 0.15) is 12.0 Å². The Balaban J connectivity index is 1.35. The van der Waals surface area contributed by atoms with E-state index in [4.69, 9.17) is 4.74 Å². The number of fused-ring (bicyclic) bond motifs is 1.